The maximum Gasteiger partial charge on any atom is 0.338 e. The number of fused-ring (bicyclic) bond motifs is 1. The molecule has 96 valence electrons. The molecule has 0 aromatic carbocycles. The highest BCUT2D eigenvalue weighted by Crippen LogP contribution is 2.54. The molecule has 2 unspecified atom stereocenters. The molecule has 5 heteroatoms. The normalized spacial score (nSPS) is 28.8. The molecule has 1 heterocycles. The summed E-state index contributed by atoms with van der Waals surface area (Å²) < 4.78 is 0. The van der Waals surface area contributed by atoms with Gasteiger partial charge in [0.25, 0.3) is 0 Å². The molecular weight excluding hydrogens is 250 g/mol. The average Bonchev–Trinajstić information content (AvgIpc) is 2.73. The van der Waals surface area contributed by atoms with Crippen LogP contribution in [0.1, 0.15) is 34.5 Å². The first-order valence-electron chi connectivity index (χ1n) is 6.19. The fourth-order valence-corrected chi connectivity index (χ4v) is 3.82. The van der Waals surface area contributed by atoms with Crippen molar-refractivity contribution in [3.8, 4) is 0 Å². The summed E-state index contributed by atoms with van der Waals surface area (Å²) in [6.45, 7) is 1.84. The Bertz CT molecular complexity index is 512. The lowest BCUT2D eigenvalue weighted by molar-refractivity contribution is -0.119. The third kappa shape index (κ3) is 2.03. The first kappa shape index (κ1) is 11.7. The Morgan fingerprint density at radius 2 is 2.00 bits per heavy atom. The Kier molecular flexibility index (Phi) is 2.66. The third-order valence-electron chi connectivity index (χ3n) is 3.94. The van der Waals surface area contributed by atoms with Crippen LogP contribution in [-0.4, -0.2) is 17.0 Å². The number of carbonyl (C=O) groups is 2. The number of carbonyl (C=O) groups excluding carboxylic acids is 1. The molecule has 1 amide bonds. The van der Waals surface area contributed by atoms with E-state index < -0.39 is 5.97 Å². The number of aromatic carboxylic acids is 1. The Morgan fingerprint density at radius 1 is 1.33 bits per heavy atom. The van der Waals surface area contributed by atoms with E-state index in [2.05, 4.69) is 5.32 Å². The minimum atomic E-state index is -0.982. The number of hydrogen-bond donors (Lipinski definition) is 2. The zero-order valence-electron chi connectivity index (χ0n) is 10.1. The van der Waals surface area contributed by atoms with Crippen LogP contribution in [0.2, 0.25) is 0 Å². The molecule has 0 radical (unpaired) electrons. The van der Waals surface area contributed by atoms with Gasteiger partial charge in [0.05, 0.1) is 5.56 Å². The Morgan fingerprint density at radius 3 is 2.61 bits per heavy atom. The molecule has 0 spiro atoms. The molecule has 0 saturated heterocycles. The fourth-order valence-electron chi connectivity index (χ4n) is 2.91. The highest BCUT2D eigenvalue weighted by molar-refractivity contribution is 7.16. The summed E-state index contributed by atoms with van der Waals surface area (Å²) in [6.07, 6.45) is 3.23. The number of carboxylic acid groups (broad SMARTS) is 1. The predicted octanol–water partition coefficient (Wildman–Crippen LogP) is 2.74. The van der Waals surface area contributed by atoms with Crippen LogP contribution in [0.25, 0.3) is 0 Å². The number of nitrogens with one attached hydrogen (secondary N) is 1. The van der Waals surface area contributed by atoms with Gasteiger partial charge >= 0.3 is 5.97 Å². The molecule has 18 heavy (non-hydrogen) atoms. The summed E-state index contributed by atoms with van der Waals surface area (Å²) in [5.41, 5.74) is 0.203. The first-order chi connectivity index (χ1) is 8.54. The highest BCUT2D eigenvalue weighted by atomic mass is 32.1. The number of amides is 1. The smallest absolute Gasteiger partial charge is 0.338 e. The van der Waals surface area contributed by atoms with Crippen LogP contribution >= 0.6 is 11.3 Å². The van der Waals surface area contributed by atoms with E-state index in [9.17, 15) is 9.59 Å². The van der Waals surface area contributed by atoms with Gasteiger partial charge in [-0.05, 0) is 44.1 Å². The Balaban J connectivity index is 1.71. The monoisotopic (exact) mass is 265 g/mol. The lowest BCUT2D eigenvalue weighted by atomic mass is 10.0. The van der Waals surface area contributed by atoms with E-state index in [0.717, 1.165) is 29.6 Å². The summed E-state index contributed by atoms with van der Waals surface area (Å²) in [6, 6.07) is 1.61. The molecule has 2 saturated carbocycles. The van der Waals surface area contributed by atoms with Crippen molar-refractivity contribution < 1.29 is 14.7 Å². The van der Waals surface area contributed by atoms with Crippen molar-refractivity contribution in [3.63, 3.8) is 0 Å². The van der Waals surface area contributed by atoms with Crippen LogP contribution in [0, 0.1) is 24.7 Å². The molecule has 2 fully saturated rings. The van der Waals surface area contributed by atoms with Crippen LogP contribution in [-0.2, 0) is 4.79 Å². The molecule has 2 aliphatic rings. The van der Waals surface area contributed by atoms with E-state index >= 15 is 0 Å². The topological polar surface area (TPSA) is 66.4 Å². The van der Waals surface area contributed by atoms with Gasteiger partial charge in [0.15, 0.2) is 0 Å². The Hall–Kier alpha value is -1.36. The summed E-state index contributed by atoms with van der Waals surface area (Å²) >= 11 is 1.33. The first-order valence-corrected chi connectivity index (χ1v) is 7.01. The van der Waals surface area contributed by atoms with Gasteiger partial charge in [-0.2, -0.15) is 0 Å². The molecule has 0 bridgehead atoms. The molecule has 1 aromatic rings. The van der Waals surface area contributed by atoms with E-state index in [1.54, 1.807) is 6.07 Å². The Labute approximate surface area is 109 Å². The van der Waals surface area contributed by atoms with Crippen LogP contribution in [0.15, 0.2) is 6.07 Å². The van der Waals surface area contributed by atoms with Crippen molar-refractivity contribution in [3.05, 3.63) is 16.5 Å². The molecule has 2 aliphatic carbocycles. The van der Waals surface area contributed by atoms with Gasteiger partial charge < -0.3 is 10.4 Å². The second-order valence-electron chi connectivity index (χ2n) is 5.32. The lowest BCUT2D eigenvalue weighted by Crippen LogP contribution is -2.22. The van der Waals surface area contributed by atoms with Crippen molar-refractivity contribution >= 4 is 28.2 Å². The third-order valence-corrected chi connectivity index (χ3v) is 4.90. The number of aryl methyl sites for hydroxylation is 1. The van der Waals surface area contributed by atoms with Crippen molar-refractivity contribution in [2.24, 2.45) is 17.8 Å². The average molecular weight is 265 g/mol. The fraction of sp³-hybridized carbons (Fsp3) is 0.538. The van der Waals surface area contributed by atoms with Gasteiger partial charge in [-0.15, -0.1) is 11.3 Å². The van der Waals surface area contributed by atoms with E-state index in [0.29, 0.717) is 5.00 Å². The molecule has 2 N–H and O–H groups in total. The van der Waals surface area contributed by atoms with Crippen molar-refractivity contribution in [1.82, 2.24) is 0 Å². The van der Waals surface area contributed by atoms with Gasteiger partial charge in [-0.1, -0.05) is 0 Å². The van der Waals surface area contributed by atoms with Crippen LogP contribution in [0.5, 0.6) is 0 Å². The van der Waals surface area contributed by atoms with Crippen molar-refractivity contribution in [2.45, 2.75) is 26.2 Å². The summed E-state index contributed by atoms with van der Waals surface area (Å²) in [4.78, 5) is 24.0. The maximum atomic E-state index is 12.1. The summed E-state index contributed by atoms with van der Waals surface area (Å²) in [5.74, 6) is 0.600. The summed E-state index contributed by atoms with van der Waals surface area (Å²) in [7, 11) is 0. The molecule has 2 atom stereocenters. The van der Waals surface area contributed by atoms with E-state index in [1.807, 2.05) is 6.92 Å². The molecule has 4 nitrogen and oxygen atoms in total. The zero-order chi connectivity index (χ0) is 12.9. The van der Waals surface area contributed by atoms with Crippen molar-refractivity contribution in [2.75, 3.05) is 5.32 Å². The van der Waals surface area contributed by atoms with E-state index in [1.165, 1.54) is 17.8 Å². The summed E-state index contributed by atoms with van der Waals surface area (Å²) in [5, 5.41) is 12.3. The van der Waals surface area contributed by atoms with Crippen LogP contribution in [0.3, 0.4) is 0 Å². The lowest BCUT2D eigenvalue weighted by Gasteiger charge is -2.11. The van der Waals surface area contributed by atoms with Crippen LogP contribution < -0.4 is 5.32 Å². The number of thiophene rings is 1. The van der Waals surface area contributed by atoms with Gasteiger partial charge in [-0.3, -0.25) is 4.79 Å². The minimum Gasteiger partial charge on any atom is -0.478 e. The molecule has 0 aliphatic heterocycles. The van der Waals surface area contributed by atoms with Gasteiger partial charge in [0.1, 0.15) is 5.00 Å². The zero-order valence-corrected chi connectivity index (χ0v) is 10.9. The number of rotatable bonds is 3. The standard InChI is InChI=1S/C13H15NO3S/c1-6-2-10(13(16)17)12(18-6)14-11(15)9-4-7-3-8(7)5-9/h2,7-9H,3-5H2,1H3,(H,14,15)(H,16,17). The van der Waals surface area contributed by atoms with E-state index in [4.69, 9.17) is 5.11 Å². The van der Waals surface area contributed by atoms with Gasteiger partial charge in [0.2, 0.25) is 5.91 Å². The number of hydrogen-bond acceptors (Lipinski definition) is 3. The quantitative estimate of drug-likeness (QED) is 0.883. The number of anilines is 1. The van der Waals surface area contributed by atoms with Crippen LogP contribution in [0.4, 0.5) is 5.00 Å². The second-order valence-corrected chi connectivity index (χ2v) is 6.57. The minimum absolute atomic E-state index is 0.00782. The van der Waals surface area contributed by atoms with Gasteiger partial charge in [-0.25, -0.2) is 4.79 Å². The number of carboxylic acids is 1. The molecule has 3 rings (SSSR count). The van der Waals surface area contributed by atoms with Gasteiger partial charge in [0, 0.05) is 10.8 Å². The maximum absolute atomic E-state index is 12.1. The largest absolute Gasteiger partial charge is 0.478 e. The molecular formula is C13H15NO3S. The van der Waals surface area contributed by atoms with Crippen molar-refractivity contribution in [1.29, 1.82) is 0 Å². The van der Waals surface area contributed by atoms with E-state index in [-0.39, 0.29) is 17.4 Å². The molecule has 1 aromatic heterocycles. The predicted molar refractivity (Wildman–Crippen MR) is 69.0 cm³/mol. The SMILES string of the molecule is Cc1cc(C(=O)O)c(NC(=O)C2CC3CC3C2)s1. The highest BCUT2D eigenvalue weighted by Gasteiger charge is 2.48. The second kappa shape index (κ2) is 4.09.